The molecule has 19 heavy (non-hydrogen) atoms. The van der Waals surface area contributed by atoms with Crippen LogP contribution in [0.4, 0.5) is 0 Å². The second-order valence-corrected chi connectivity index (χ2v) is 5.04. The molecule has 0 radical (unpaired) electrons. The maximum atomic E-state index is 8.98. The van der Waals surface area contributed by atoms with Gasteiger partial charge < -0.3 is 9.84 Å². The van der Waals surface area contributed by atoms with Gasteiger partial charge >= 0.3 is 0 Å². The Kier molecular flexibility index (Phi) is 4.78. The van der Waals surface area contributed by atoms with Crippen LogP contribution in [-0.2, 0) is 6.54 Å². The van der Waals surface area contributed by atoms with Crippen LogP contribution < -0.4 is 4.74 Å². The van der Waals surface area contributed by atoms with Gasteiger partial charge in [0.05, 0.1) is 18.7 Å². The summed E-state index contributed by atoms with van der Waals surface area (Å²) in [5, 5.41) is 17.9. The first kappa shape index (κ1) is 13.9. The first-order chi connectivity index (χ1) is 9.26. The summed E-state index contributed by atoms with van der Waals surface area (Å²) in [5.41, 5.74) is 1.73. The van der Waals surface area contributed by atoms with Crippen LogP contribution in [0.2, 0.25) is 0 Å². The number of benzene rings is 1. The SMILES string of the molecule is COc1ccc(C#N)cc1CN1CCC(CCO)C1. The van der Waals surface area contributed by atoms with Crippen LogP contribution in [0.5, 0.6) is 5.75 Å². The van der Waals surface area contributed by atoms with Gasteiger partial charge in [0.2, 0.25) is 0 Å². The highest BCUT2D eigenvalue weighted by Crippen LogP contribution is 2.25. The zero-order valence-corrected chi connectivity index (χ0v) is 11.3. The Hall–Kier alpha value is -1.57. The number of nitriles is 1. The third-order valence-corrected chi connectivity index (χ3v) is 3.71. The van der Waals surface area contributed by atoms with Crippen molar-refractivity contribution in [2.75, 3.05) is 26.8 Å². The highest BCUT2D eigenvalue weighted by atomic mass is 16.5. The molecule has 0 aliphatic carbocycles. The molecule has 0 aromatic heterocycles. The quantitative estimate of drug-likeness (QED) is 0.876. The molecule has 1 unspecified atom stereocenters. The van der Waals surface area contributed by atoms with E-state index in [-0.39, 0.29) is 6.61 Å². The molecule has 2 rings (SSSR count). The summed E-state index contributed by atoms with van der Waals surface area (Å²) in [4.78, 5) is 2.36. The standard InChI is InChI=1S/C15H20N2O2/c1-19-15-3-2-13(9-16)8-14(15)11-17-6-4-12(10-17)5-7-18/h2-3,8,12,18H,4-7,10-11H2,1H3. The first-order valence-corrected chi connectivity index (χ1v) is 6.67. The van der Waals surface area contributed by atoms with Crippen LogP contribution in [0, 0.1) is 17.2 Å². The molecule has 1 fully saturated rings. The van der Waals surface area contributed by atoms with E-state index >= 15 is 0 Å². The van der Waals surface area contributed by atoms with Gasteiger partial charge in [-0.3, -0.25) is 4.90 Å². The highest BCUT2D eigenvalue weighted by molar-refractivity contribution is 5.42. The third-order valence-electron chi connectivity index (χ3n) is 3.71. The summed E-state index contributed by atoms with van der Waals surface area (Å²) >= 11 is 0. The van der Waals surface area contributed by atoms with Gasteiger partial charge in [-0.15, -0.1) is 0 Å². The molecule has 1 aromatic carbocycles. The zero-order chi connectivity index (χ0) is 13.7. The smallest absolute Gasteiger partial charge is 0.123 e. The monoisotopic (exact) mass is 260 g/mol. The lowest BCUT2D eigenvalue weighted by Gasteiger charge is -2.18. The van der Waals surface area contributed by atoms with Crippen LogP contribution in [0.25, 0.3) is 0 Å². The summed E-state index contributed by atoms with van der Waals surface area (Å²) in [6.45, 7) is 3.14. The average Bonchev–Trinajstić information content (AvgIpc) is 2.86. The fraction of sp³-hybridized carbons (Fsp3) is 0.533. The van der Waals surface area contributed by atoms with Gasteiger partial charge in [-0.1, -0.05) is 0 Å². The summed E-state index contributed by atoms with van der Waals surface area (Å²) < 4.78 is 5.35. The number of nitrogens with zero attached hydrogens (tertiary/aromatic N) is 2. The summed E-state index contributed by atoms with van der Waals surface area (Å²) in [6.07, 6.45) is 2.02. The second kappa shape index (κ2) is 6.55. The molecule has 0 bridgehead atoms. The minimum atomic E-state index is 0.270. The lowest BCUT2D eigenvalue weighted by atomic mass is 10.1. The van der Waals surface area contributed by atoms with E-state index in [1.54, 1.807) is 13.2 Å². The minimum Gasteiger partial charge on any atom is -0.496 e. The molecule has 1 heterocycles. The van der Waals surface area contributed by atoms with Crippen LogP contribution in [-0.4, -0.2) is 36.8 Å². The Morgan fingerprint density at radius 2 is 2.37 bits per heavy atom. The molecule has 1 atom stereocenters. The van der Waals surface area contributed by atoms with E-state index in [0.717, 1.165) is 43.8 Å². The van der Waals surface area contributed by atoms with E-state index in [0.29, 0.717) is 11.5 Å². The van der Waals surface area contributed by atoms with Crippen molar-refractivity contribution in [3.05, 3.63) is 29.3 Å². The molecule has 0 spiro atoms. The van der Waals surface area contributed by atoms with E-state index in [4.69, 9.17) is 15.1 Å². The number of aliphatic hydroxyl groups excluding tert-OH is 1. The van der Waals surface area contributed by atoms with Crippen LogP contribution in [0.3, 0.4) is 0 Å². The molecule has 0 saturated carbocycles. The molecule has 1 aromatic rings. The van der Waals surface area contributed by atoms with Gasteiger partial charge in [-0.2, -0.15) is 5.26 Å². The Bertz CT molecular complexity index is 468. The molecule has 4 heteroatoms. The summed E-state index contributed by atoms with van der Waals surface area (Å²) in [7, 11) is 1.66. The zero-order valence-electron chi connectivity index (χ0n) is 11.3. The molecular formula is C15H20N2O2. The second-order valence-electron chi connectivity index (χ2n) is 5.04. The Balaban J connectivity index is 2.05. The number of rotatable bonds is 5. The predicted octanol–water partition coefficient (Wildman–Crippen LogP) is 1.77. The third kappa shape index (κ3) is 3.46. The summed E-state index contributed by atoms with van der Waals surface area (Å²) in [6, 6.07) is 7.70. The molecular weight excluding hydrogens is 240 g/mol. The number of methoxy groups -OCH3 is 1. The van der Waals surface area contributed by atoms with Crippen LogP contribution in [0.15, 0.2) is 18.2 Å². The maximum absolute atomic E-state index is 8.98. The number of hydrogen-bond donors (Lipinski definition) is 1. The Labute approximate surface area is 114 Å². The van der Waals surface area contributed by atoms with Crippen molar-refractivity contribution in [3.63, 3.8) is 0 Å². The van der Waals surface area contributed by atoms with Gasteiger partial charge in [-0.25, -0.2) is 0 Å². The summed E-state index contributed by atoms with van der Waals surface area (Å²) in [5.74, 6) is 1.43. The highest BCUT2D eigenvalue weighted by Gasteiger charge is 2.22. The number of hydrogen-bond acceptors (Lipinski definition) is 4. The van der Waals surface area contributed by atoms with E-state index in [1.807, 2.05) is 12.1 Å². The Morgan fingerprint density at radius 3 is 3.05 bits per heavy atom. The fourth-order valence-electron chi connectivity index (χ4n) is 2.69. The lowest BCUT2D eigenvalue weighted by Crippen LogP contribution is -2.20. The van der Waals surface area contributed by atoms with E-state index < -0.39 is 0 Å². The van der Waals surface area contributed by atoms with Crippen molar-refractivity contribution < 1.29 is 9.84 Å². The Morgan fingerprint density at radius 1 is 1.53 bits per heavy atom. The number of ether oxygens (including phenoxy) is 1. The van der Waals surface area contributed by atoms with Crippen molar-refractivity contribution >= 4 is 0 Å². The molecule has 1 saturated heterocycles. The van der Waals surface area contributed by atoms with E-state index in [1.165, 1.54) is 0 Å². The van der Waals surface area contributed by atoms with Gasteiger partial charge in [0.25, 0.3) is 0 Å². The van der Waals surface area contributed by atoms with Gasteiger partial charge in [0.15, 0.2) is 0 Å². The molecule has 102 valence electrons. The normalized spacial score (nSPS) is 19.3. The molecule has 1 aliphatic heterocycles. The van der Waals surface area contributed by atoms with Crippen LogP contribution >= 0.6 is 0 Å². The van der Waals surface area contributed by atoms with Gasteiger partial charge in [0, 0.05) is 25.3 Å². The largest absolute Gasteiger partial charge is 0.496 e. The minimum absolute atomic E-state index is 0.270. The van der Waals surface area contributed by atoms with Crippen molar-refractivity contribution in [2.45, 2.75) is 19.4 Å². The topological polar surface area (TPSA) is 56.5 Å². The fourth-order valence-corrected chi connectivity index (χ4v) is 2.69. The molecule has 1 N–H and O–H groups in total. The average molecular weight is 260 g/mol. The van der Waals surface area contributed by atoms with Gasteiger partial charge in [-0.05, 0) is 43.5 Å². The number of likely N-dealkylation sites (tertiary alicyclic amines) is 1. The van der Waals surface area contributed by atoms with E-state index in [9.17, 15) is 0 Å². The van der Waals surface area contributed by atoms with Crippen molar-refractivity contribution in [1.29, 1.82) is 5.26 Å². The predicted molar refractivity (Wildman–Crippen MR) is 72.8 cm³/mol. The van der Waals surface area contributed by atoms with Gasteiger partial charge in [0.1, 0.15) is 5.75 Å². The number of aliphatic hydroxyl groups is 1. The van der Waals surface area contributed by atoms with Crippen LogP contribution in [0.1, 0.15) is 24.0 Å². The molecule has 0 amide bonds. The van der Waals surface area contributed by atoms with Crippen molar-refractivity contribution in [1.82, 2.24) is 4.90 Å². The van der Waals surface area contributed by atoms with E-state index in [2.05, 4.69) is 11.0 Å². The van der Waals surface area contributed by atoms with Crippen molar-refractivity contribution in [3.8, 4) is 11.8 Å². The first-order valence-electron chi connectivity index (χ1n) is 6.67. The maximum Gasteiger partial charge on any atom is 0.123 e. The molecule has 1 aliphatic rings. The van der Waals surface area contributed by atoms with Crippen molar-refractivity contribution in [2.24, 2.45) is 5.92 Å². The molecule has 4 nitrogen and oxygen atoms in total. The lowest BCUT2D eigenvalue weighted by molar-refractivity contribution is 0.248.